The van der Waals surface area contributed by atoms with Crippen molar-refractivity contribution in [2.45, 2.75) is 32.6 Å². The monoisotopic (exact) mass is 403 g/mol. The molecule has 2 aromatic carbocycles. The number of unbranched alkanes of at least 4 members (excludes halogenated alkanes) is 3. The van der Waals surface area contributed by atoms with E-state index in [1.54, 1.807) is 24.3 Å². The Bertz CT molecular complexity index is 870. The van der Waals surface area contributed by atoms with E-state index in [9.17, 15) is 19.7 Å². The molecule has 8 heteroatoms. The van der Waals surface area contributed by atoms with Crippen molar-refractivity contribution in [3.63, 3.8) is 0 Å². The first-order valence-electron chi connectivity index (χ1n) is 9.06. The maximum Gasteiger partial charge on any atom is 0.270 e. The molecule has 0 bridgehead atoms. The van der Waals surface area contributed by atoms with Crippen molar-refractivity contribution in [1.82, 2.24) is 5.32 Å². The molecule has 0 radical (unpaired) electrons. The van der Waals surface area contributed by atoms with E-state index in [0.29, 0.717) is 17.8 Å². The lowest BCUT2D eigenvalue weighted by Gasteiger charge is -2.12. The van der Waals surface area contributed by atoms with Crippen molar-refractivity contribution in [1.29, 1.82) is 0 Å². The first-order chi connectivity index (χ1) is 13.4. The maximum absolute atomic E-state index is 12.5. The zero-order valence-electron chi connectivity index (χ0n) is 15.5. The molecule has 0 atom stereocenters. The largest absolute Gasteiger partial charge is 0.352 e. The lowest BCUT2D eigenvalue weighted by molar-refractivity contribution is -0.384. The molecule has 0 aliphatic rings. The first kappa shape index (κ1) is 21.4. The maximum atomic E-state index is 12.5. The fourth-order valence-corrected chi connectivity index (χ4v) is 2.89. The average molecular weight is 404 g/mol. The van der Waals surface area contributed by atoms with Gasteiger partial charge in [0.05, 0.1) is 26.8 Å². The predicted molar refractivity (Wildman–Crippen MR) is 109 cm³/mol. The fourth-order valence-electron chi connectivity index (χ4n) is 2.63. The molecule has 2 aromatic rings. The summed E-state index contributed by atoms with van der Waals surface area (Å²) in [6, 6.07) is 10.2. The van der Waals surface area contributed by atoms with Crippen LogP contribution in [-0.2, 0) is 0 Å². The third kappa shape index (κ3) is 5.79. The Hall–Kier alpha value is -2.93. The third-order valence-electron chi connectivity index (χ3n) is 4.14. The normalized spacial score (nSPS) is 10.4. The van der Waals surface area contributed by atoms with Crippen molar-refractivity contribution in [3.8, 4) is 0 Å². The predicted octanol–water partition coefficient (Wildman–Crippen LogP) is 4.81. The molecule has 0 unspecified atom stereocenters. The number of benzene rings is 2. The third-order valence-corrected chi connectivity index (χ3v) is 4.46. The number of nitrogens with one attached hydrogen (secondary N) is 2. The van der Waals surface area contributed by atoms with Crippen molar-refractivity contribution in [2.24, 2.45) is 0 Å². The average Bonchev–Trinajstić information content (AvgIpc) is 2.67. The minimum absolute atomic E-state index is 0.0374. The molecule has 2 rings (SSSR count). The van der Waals surface area contributed by atoms with Crippen LogP contribution in [0.15, 0.2) is 42.5 Å². The standard InChI is InChI=1S/C20H22ClN3O4/c1-2-3-4-7-12-22-19(25)16-8-5-6-9-18(16)23-20(26)15-11-10-14(24(27)28)13-17(15)21/h5-6,8-11,13H,2-4,7,12H2,1H3,(H,22,25)(H,23,26). The number of nitro groups is 1. The molecular weight excluding hydrogens is 382 g/mol. The van der Waals surface area contributed by atoms with Gasteiger partial charge in [0, 0.05) is 18.7 Å². The molecule has 7 nitrogen and oxygen atoms in total. The minimum atomic E-state index is -0.590. The second-order valence-electron chi connectivity index (χ2n) is 6.24. The van der Waals surface area contributed by atoms with Crippen molar-refractivity contribution in [2.75, 3.05) is 11.9 Å². The Labute approximate surface area is 168 Å². The Morgan fingerprint density at radius 2 is 1.79 bits per heavy atom. The summed E-state index contributed by atoms with van der Waals surface area (Å²) in [6.45, 7) is 2.68. The van der Waals surface area contributed by atoms with E-state index in [2.05, 4.69) is 17.6 Å². The van der Waals surface area contributed by atoms with Gasteiger partial charge in [-0.2, -0.15) is 0 Å². The highest BCUT2D eigenvalue weighted by Gasteiger charge is 2.17. The molecule has 148 valence electrons. The van der Waals surface area contributed by atoms with E-state index in [0.717, 1.165) is 31.7 Å². The van der Waals surface area contributed by atoms with Gasteiger partial charge in [-0.15, -0.1) is 0 Å². The second-order valence-corrected chi connectivity index (χ2v) is 6.64. The zero-order chi connectivity index (χ0) is 20.5. The molecule has 0 saturated carbocycles. The molecule has 0 aromatic heterocycles. The molecule has 0 heterocycles. The number of amides is 2. The Morgan fingerprint density at radius 1 is 1.04 bits per heavy atom. The van der Waals surface area contributed by atoms with Crippen molar-refractivity contribution >= 4 is 34.8 Å². The van der Waals surface area contributed by atoms with Gasteiger partial charge in [0.25, 0.3) is 17.5 Å². The van der Waals surface area contributed by atoms with Gasteiger partial charge in [-0.1, -0.05) is 49.9 Å². The smallest absolute Gasteiger partial charge is 0.270 e. The number of carbonyl (C=O) groups is 2. The molecule has 28 heavy (non-hydrogen) atoms. The number of anilines is 1. The van der Waals surface area contributed by atoms with E-state index in [1.165, 1.54) is 12.1 Å². The number of para-hydroxylation sites is 1. The molecule has 2 amide bonds. The van der Waals surface area contributed by atoms with E-state index < -0.39 is 10.8 Å². The van der Waals surface area contributed by atoms with Crippen LogP contribution in [0.4, 0.5) is 11.4 Å². The summed E-state index contributed by atoms with van der Waals surface area (Å²) in [5, 5.41) is 16.3. The molecule has 0 aliphatic carbocycles. The van der Waals surface area contributed by atoms with Gasteiger partial charge in [-0.25, -0.2) is 0 Å². The number of hydrogen-bond acceptors (Lipinski definition) is 4. The van der Waals surface area contributed by atoms with Crippen LogP contribution in [0.2, 0.25) is 5.02 Å². The van der Waals surface area contributed by atoms with E-state index in [1.807, 2.05) is 0 Å². The molecule has 0 spiro atoms. The van der Waals surface area contributed by atoms with E-state index in [-0.39, 0.29) is 22.2 Å². The minimum Gasteiger partial charge on any atom is -0.352 e. The summed E-state index contributed by atoms with van der Waals surface area (Å²) in [5.41, 5.74) is 0.559. The van der Waals surface area contributed by atoms with Crippen LogP contribution in [0.25, 0.3) is 0 Å². The van der Waals surface area contributed by atoms with Gasteiger partial charge in [-0.3, -0.25) is 19.7 Å². The lowest BCUT2D eigenvalue weighted by atomic mass is 10.1. The van der Waals surface area contributed by atoms with Crippen molar-refractivity contribution < 1.29 is 14.5 Å². The Morgan fingerprint density at radius 3 is 2.46 bits per heavy atom. The van der Waals surface area contributed by atoms with Gasteiger partial charge in [0.15, 0.2) is 0 Å². The SMILES string of the molecule is CCCCCCNC(=O)c1ccccc1NC(=O)c1ccc([N+](=O)[O-])cc1Cl. The number of hydrogen-bond donors (Lipinski definition) is 2. The van der Waals surface area contributed by atoms with Crippen molar-refractivity contribution in [3.05, 3.63) is 68.7 Å². The number of non-ortho nitro benzene ring substituents is 1. The number of nitrogens with zero attached hydrogens (tertiary/aromatic N) is 1. The van der Waals surface area contributed by atoms with Crippen LogP contribution in [0.3, 0.4) is 0 Å². The van der Waals surface area contributed by atoms with Gasteiger partial charge in [0.1, 0.15) is 0 Å². The zero-order valence-corrected chi connectivity index (χ0v) is 16.3. The van der Waals surface area contributed by atoms with Gasteiger partial charge < -0.3 is 10.6 Å². The highest BCUT2D eigenvalue weighted by molar-refractivity contribution is 6.34. The molecule has 0 saturated heterocycles. The second kappa shape index (κ2) is 10.4. The Kier molecular flexibility index (Phi) is 7.95. The summed E-state index contributed by atoms with van der Waals surface area (Å²) in [6.07, 6.45) is 4.19. The molecule has 0 fully saturated rings. The van der Waals surface area contributed by atoms with Crippen LogP contribution < -0.4 is 10.6 Å². The molecule has 2 N–H and O–H groups in total. The van der Waals surface area contributed by atoms with Crippen LogP contribution in [0, 0.1) is 10.1 Å². The molecular formula is C20H22ClN3O4. The summed E-state index contributed by atoms with van der Waals surface area (Å²) < 4.78 is 0. The molecule has 0 aliphatic heterocycles. The highest BCUT2D eigenvalue weighted by atomic mass is 35.5. The van der Waals surface area contributed by atoms with E-state index in [4.69, 9.17) is 11.6 Å². The summed E-state index contributed by atoms with van der Waals surface area (Å²) in [4.78, 5) is 35.2. The highest BCUT2D eigenvalue weighted by Crippen LogP contribution is 2.24. The van der Waals surface area contributed by atoms with Crippen LogP contribution in [0.5, 0.6) is 0 Å². The van der Waals surface area contributed by atoms with Gasteiger partial charge >= 0.3 is 0 Å². The topological polar surface area (TPSA) is 101 Å². The number of nitro benzene ring substituents is 1. The number of rotatable bonds is 9. The summed E-state index contributed by atoms with van der Waals surface area (Å²) >= 11 is 6.00. The lowest BCUT2D eigenvalue weighted by Crippen LogP contribution is -2.26. The number of halogens is 1. The fraction of sp³-hybridized carbons (Fsp3) is 0.300. The Balaban J connectivity index is 2.09. The van der Waals surface area contributed by atoms with Crippen LogP contribution >= 0.6 is 11.6 Å². The van der Waals surface area contributed by atoms with Crippen LogP contribution in [0.1, 0.15) is 53.3 Å². The summed E-state index contributed by atoms with van der Waals surface area (Å²) in [5.74, 6) is -0.828. The van der Waals surface area contributed by atoms with Gasteiger partial charge in [0.2, 0.25) is 0 Å². The van der Waals surface area contributed by atoms with Gasteiger partial charge in [-0.05, 0) is 24.6 Å². The summed E-state index contributed by atoms with van der Waals surface area (Å²) in [7, 11) is 0. The number of carbonyl (C=O) groups excluding carboxylic acids is 2. The quantitative estimate of drug-likeness (QED) is 0.356. The first-order valence-corrected chi connectivity index (χ1v) is 9.44. The van der Waals surface area contributed by atoms with Crippen LogP contribution in [-0.4, -0.2) is 23.3 Å². The van der Waals surface area contributed by atoms with E-state index >= 15 is 0 Å².